The Morgan fingerprint density at radius 3 is 2.52 bits per heavy atom. The first-order valence-corrected chi connectivity index (χ1v) is 7.32. The highest BCUT2D eigenvalue weighted by Gasteiger charge is 2.41. The number of methoxy groups -OCH3 is 1. The lowest BCUT2D eigenvalue weighted by Gasteiger charge is -2.39. The van der Waals surface area contributed by atoms with Gasteiger partial charge in [-0.1, -0.05) is 6.92 Å². The molecule has 2 rings (SSSR count). The largest absolute Gasteiger partial charge is 0.480 e. The first-order valence-electron chi connectivity index (χ1n) is 7.32. The van der Waals surface area contributed by atoms with E-state index in [-0.39, 0.29) is 23.8 Å². The average Bonchev–Trinajstić information content (AvgIpc) is 2.94. The molecule has 7 nitrogen and oxygen atoms in total. The Morgan fingerprint density at radius 1 is 1.19 bits per heavy atom. The molecule has 0 aromatic heterocycles. The van der Waals surface area contributed by atoms with Crippen molar-refractivity contribution in [3.63, 3.8) is 0 Å². The third kappa shape index (κ3) is 3.11. The van der Waals surface area contributed by atoms with Crippen LogP contribution in [0.15, 0.2) is 0 Å². The molecule has 2 aliphatic rings. The van der Waals surface area contributed by atoms with Crippen LogP contribution in [0.5, 0.6) is 0 Å². The Labute approximate surface area is 123 Å². The van der Waals surface area contributed by atoms with Crippen molar-refractivity contribution in [1.82, 2.24) is 9.80 Å². The lowest BCUT2D eigenvalue weighted by molar-refractivity contribution is -0.146. The van der Waals surface area contributed by atoms with E-state index in [2.05, 4.69) is 0 Å². The summed E-state index contributed by atoms with van der Waals surface area (Å²) in [6.07, 6.45) is 2.19. The van der Waals surface area contributed by atoms with Crippen LogP contribution in [-0.2, 0) is 14.3 Å². The van der Waals surface area contributed by atoms with E-state index >= 15 is 0 Å². The molecule has 2 saturated heterocycles. The monoisotopic (exact) mass is 298 g/mol. The summed E-state index contributed by atoms with van der Waals surface area (Å²) in [5, 5.41) is 9.36. The molecule has 21 heavy (non-hydrogen) atoms. The van der Waals surface area contributed by atoms with Crippen molar-refractivity contribution in [2.45, 2.75) is 32.2 Å². The number of piperidine rings is 1. The maximum absolute atomic E-state index is 12.6. The number of urea groups is 1. The summed E-state index contributed by atoms with van der Waals surface area (Å²) < 4.78 is 4.70. The summed E-state index contributed by atoms with van der Waals surface area (Å²) in [5.74, 6) is -1.63. The molecule has 7 heteroatoms. The molecular formula is C14H22N2O5. The standard InChI is InChI=1S/C14H22N2O5/c1-9-4-3-6-16(11(9)12(17)18)14(20)15-7-5-10(8-15)13(19)21-2/h9-11H,3-8H2,1-2H3,(H,17,18). The molecular weight excluding hydrogens is 276 g/mol. The maximum atomic E-state index is 12.6. The minimum atomic E-state index is -0.959. The summed E-state index contributed by atoms with van der Waals surface area (Å²) in [4.78, 5) is 38.5. The van der Waals surface area contributed by atoms with E-state index in [4.69, 9.17) is 4.74 Å². The van der Waals surface area contributed by atoms with Gasteiger partial charge in [0.1, 0.15) is 6.04 Å². The van der Waals surface area contributed by atoms with E-state index in [0.29, 0.717) is 26.1 Å². The van der Waals surface area contributed by atoms with Gasteiger partial charge in [0.25, 0.3) is 0 Å². The molecule has 3 atom stereocenters. The summed E-state index contributed by atoms with van der Waals surface area (Å²) >= 11 is 0. The molecule has 1 N–H and O–H groups in total. The fourth-order valence-electron chi connectivity index (χ4n) is 3.25. The lowest BCUT2D eigenvalue weighted by Crippen LogP contribution is -2.55. The van der Waals surface area contributed by atoms with E-state index in [1.807, 2.05) is 6.92 Å². The molecule has 0 bridgehead atoms. The van der Waals surface area contributed by atoms with E-state index in [0.717, 1.165) is 12.8 Å². The van der Waals surface area contributed by atoms with Gasteiger partial charge in [0.2, 0.25) is 0 Å². The fraction of sp³-hybridized carbons (Fsp3) is 0.786. The lowest BCUT2D eigenvalue weighted by atomic mass is 9.91. The van der Waals surface area contributed by atoms with Crippen molar-refractivity contribution in [3.8, 4) is 0 Å². The topological polar surface area (TPSA) is 87.2 Å². The predicted molar refractivity (Wildman–Crippen MR) is 73.6 cm³/mol. The maximum Gasteiger partial charge on any atom is 0.326 e. The van der Waals surface area contributed by atoms with Crippen LogP contribution in [0.3, 0.4) is 0 Å². The minimum absolute atomic E-state index is 0.0563. The number of hydrogen-bond acceptors (Lipinski definition) is 4. The van der Waals surface area contributed by atoms with Gasteiger partial charge in [-0.15, -0.1) is 0 Å². The van der Waals surface area contributed by atoms with Crippen LogP contribution in [0.1, 0.15) is 26.2 Å². The van der Waals surface area contributed by atoms with Gasteiger partial charge in [-0.05, 0) is 25.2 Å². The Balaban J connectivity index is 2.05. The Kier molecular flexibility index (Phi) is 4.69. The molecule has 0 aliphatic carbocycles. The van der Waals surface area contributed by atoms with Crippen LogP contribution in [0.4, 0.5) is 4.79 Å². The molecule has 2 aliphatic heterocycles. The Bertz CT molecular complexity index is 439. The minimum Gasteiger partial charge on any atom is -0.480 e. The molecule has 0 spiro atoms. The number of carbonyl (C=O) groups excluding carboxylic acids is 2. The van der Waals surface area contributed by atoms with E-state index in [1.165, 1.54) is 12.0 Å². The number of carbonyl (C=O) groups is 3. The van der Waals surface area contributed by atoms with Gasteiger partial charge in [-0.2, -0.15) is 0 Å². The first kappa shape index (κ1) is 15.6. The molecule has 3 unspecified atom stereocenters. The zero-order chi connectivity index (χ0) is 15.6. The number of nitrogens with zero attached hydrogens (tertiary/aromatic N) is 2. The molecule has 0 saturated carbocycles. The van der Waals surface area contributed by atoms with Crippen LogP contribution in [0, 0.1) is 11.8 Å². The number of rotatable bonds is 2. The van der Waals surface area contributed by atoms with Crippen molar-refractivity contribution >= 4 is 18.0 Å². The van der Waals surface area contributed by atoms with Crippen molar-refractivity contribution in [2.24, 2.45) is 11.8 Å². The number of ether oxygens (including phenoxy) is 1. The quantitative estimate of drug-likeness (QED) is 0.761. The number of carboxylic acids is 1. The van der Waals surface area contributed by atoms with E-state index < -0.39 is 12.0 Å². The van der Waals surface area contributed by atoms with E-state index in [1.54, 1.807) is 4.90 Å². The highest BCUT2D eigenvalue weighted by atomic mass is 16.5. The van der Waals surface area contributed by atoms with Crippen molar-refractivity contribution < 1.29 is 24.2 Å². The van der Waals surface area contributed by atoms with Gasteiger partial charge in [-0.25, -0.2) is 9.59 Å². The fourth-order valence-corrected chi connectivity index (χ4v) is 3.25. The van der Waals surface area contributed by atoms with Crippen LogP contribution < -0.4 is 0 Å². The predicted octanol–water partition coefficient (Wildman–Crippen LogP) is 0.786. The third-order valence-electron chi connectivity index (χ3n) is 4.43. The van der Waals surface area contributed by atoms with Gasteiger partial charge in [0, 0.05) is 19.6 Å². The number of carboxylic acid groups (broad SMARTS) is 1. The average molecular weight is 298 g/mol. The summed E-state index contributed by atoms with van der Waals surface area (Å²) in [7, 11) is 1.33. The van der Waals surface area contributed by atoms with Crippen molar-refractivity contribution in [1.29, 1.82) is 0 Å². The number of esters is 1. The van der Waals surface area contributed by atoms with Crippen LogP contribution in [-0.4, -0.2) is 65.7 Å². The molecule has 0 radical (unpaired) electrons. The summed E-state index contributed by atoms with van der Waals surface area (Å²) in [6, 6.07) is -1.05. The second-order valence-electron chi connectivity index (χ2n) is 5.83. The molecule has 2 heterocycles. The molecule has 118 valence electrons. The highest BCUT2D eigenvalue weighted by molar-refractivity contribution is 5.84. The number of aliphatic carboxylic acids is 1. The number of hydrogen-bond donors (Lipinski definition) is 1. The van der Waals surface area contributed by atoms with Crippen molar-refractivity contribution in [3.05, 3.63) is 0 Å². The van der Waals surface area contributed by atoms with Gasteiger partial charge in [0.15, 0.2) is 0 Å². The number of likely N-dealkylation sites (tertiary alicyclic amines) is 2. The van der Waals surface area contributed by atoms with Gasteiger partial charge in [-0.3, -0.25) is 4.79 Å². The van der Waals surface area contributed by atoms with Crippen molar-refractivity contribution in [2.75, 3.05) is 26.7 Å². The third-order valence-corrected chi connectivity index (χ3v) is 4.43. The summed E-state index contributed by atoms with van der Waals surface area (Å²) in [5.41, 5.74) is 0. The molecule has 0 aromatic rings. The molecule has 2 amide bonds. The van der Waals surface area contributed by atoms with Crippen LogP contribution in [0.25, 0.3) is 0 Å². The SMILES string of the molecule is COC(=O)C1CCN(C(=O)N2CCCC(C)C2C(=O)O)C1. The van der Waals surface area contributed by atoms with Gasteiger partial charge < -0.3 is 19.6 Å². The normalized spacial score (nSPS) is 29.3. The second kappa shape index (κ2) is 6.32. The zero-order valence-corrected chi connectivity index (χ0v) is 12.4. The summed E-state index contributed by atoms with van der Waals surface area (Å²) in [6.45, 7) is 3.09. The van der Waals surface area contributed by atoms with E-state index in [9.17, 15) is 19.5 Å². The smallest absolute Gasteiger partial charge is 0.326 e. The highest BCUT2D eigenvalue weighted by Crippen LogP contribution is 2.27. The Hall–Kier alpha value is -1.79. The van der Waals surface area contributed by atoms with Crippen LogP contribution in [0.2, 0.25) is 0 Å². The van der Waals surface area contributed by atoms with Gasteiger partial charge >= 0.3 is 18.0 Å². The number of amides is 2. The molecule has 0 aromatic carbocycles. The van der Waals surface area contributed by atoms with Crippen LogP contribution >= 0.6 is 0 Å². The zero-order valence-electron chi connectivity index (χ0n) is 12.4. The van der Waals surface area contributed by atoms with Gasteiger partial charge in [0.05, 0.1) is 13.0 Å². The first-order chi connectivity index (χ1) is 9.95. The molecule has 2 fully saturated rings. The Morgan fingerprint density at radius 2 is 1.90 bits per heavy atom. The second-order valence-corrected chi connectivity index (χ2v) is 5.83.